The van der Waals surface area contributed by atoms with E-state index in [9.17, 15) is 18.0 Å². The molecule has 1 saturated heterocycles. The molecular weight excluding hydrogens is 449 g/mol. The van der Waals surface area contributed by atoms with Gasteiger partial charge in [-0.1, -0.05) is 6.07 Å². The van der Waals surface area contributed by atoms with Gasteiger partial charge in [0.05, 0.1) is 16.5 Å². The van der Waals surface area contributed by atoms with Crippen LogP contribution in [-0.4, -0.2) is 30.0 Å². The number of benzene rings is 2. The van der Waals surface area contributed by atoms with Crippen molar-refractivity contribution in [2.45, 2.75) is 24.3 Å². The van der Waals surface area contributed by atoms with E-state index in [1.807, 2.05) is 6.92 Å². The Morgan fingerprint density at radius 1 is 1.09 bits per heavy atom. The molecule has 0 spiro atoms. The molecule has 2 N–H and O–H groups in total. The van der Waals surface area contributed by atoms with E-state index in [0.29, 0.717) is 23.4 Å². The first-order valence-corrected chi connectivity index (χ1v) is 11.4. The molecule has 0 aliphatic carbocycles. The Morgan fingerprint density at radius 3 is 2.45 bits per heavy atom. The normalized spacial score (nSPS) is 17.8. The van der Waals surface area contributed by atoms with Crippen LogP contribution in [0.4, 0.5) is 24.5 Å². The van der Waals surface area contributed by atoms with E-state index < -0.39 is 23.4 Å². The van der Waals surface area contributed by atoms with Gasteiger partial charge in [-0.25, -0.2) is 13.2 Å². The standard InChI is InChI=1S/C24H21F3N4OS/c1-13-6-15-9-17(25)22(33-28)10-21(15)31(13)24(32)16-11-30(12-16)23-18(26)7-14(8-19(23)27)20-4-2-3-5-29-20/h2-5,7-10,13,16H,6,11-12,28H2,1H3. The van der Waals surface area contributed by atoms with Gasteiger partial charge < -0.3 is 9.80 Å². The Kier molecular flexibility index (Phi) is 5.54. The zero-order valence-corrected chi connectivity index (χ0v) is 18.6. The molecule has 2 aromatic carbocycles. The first-order chi connectivity index (χ1) is 15.9. The highest BCUT2D eigenvalue weighted by Gasteiger charge is 2.42. The van der Waals surface area contributed by atoms with E-state index in [1.54, 1.807) is 35.4 Å². The average molecular weight is 471 g/mol. The molecule has 3 aromatic rings. The third-order valence-electron chi connectivity index (χ3n) is 6.24. The molecule has 0 bridgehead atoms. The van der Waals surface area contributed by atoms with Gasteiger partial charge in [-0.3, -0.25) is 14.9 Å². The molecule has 170 valence electrons. The highest BCUT2D eigenvalue weighted by molar-refractivity contribution is 7.97. The Bertz CT molecular complexity index is 1210. The van der Waals surface area contributed by atoms with E-state index in [-0.39, 0.29) is 35.6 Å². The second-order valence-corrected chi connectivity index (χ2v) is 9.07. The summed E-state index contributed by atoms with van der Waals surface area (Å²) in [6.45, 7) is 2.30. The third-order valence-corrected chi connectivity index (χ3v) is 6.80. The van der Waals surface area contributed by atoms with Crippen molar-refractivity contribution >= 4 is 29.2 Å². The minimum atomic E-state index is -0.693. The summed E-state index contributed by atoms with van der Waals surface area (Å²) in [5, 5.41) is 5.55. The van der Waals surface area contributed by atoms with E-state index in [1.165, 1.54) is 23.1 Å². The lowest BCUT2D eigenvalue weighted by Gasteiger charge is -2.42. The quantitative estimate of drug-likeness (QED) is 0.567. The summed E-state index contributed by atoms with van der Waals surface area (Å²) in [6, 6.07) is 10.6. The van der Waals surface area contributed by atoms with Crippen molar-refractivity contribution in [2.24, 2.45) is 11.1 Å². The molecule has 33 heavy (non-hydrogen) atoms. The van der Waals surface area contributed by atoms with Crippen molar-refractivity contribution in [3.63, 3.8) is 0 Å². The lowest BCUT2D eigenvalue weighted by atomic mass is 9.96. The lowest BCUT2D eigenvalue weighted by molar-refractivity contribution is -0.123. The van der Waals surface area contributed by atoms with Crippen LogP contribution >= 0.6 is 11.9 Å². The monoisotopic (exact) mass is 470 g/mol. The number of nitrogens with two attached hydrogens (primary N) is 1. The number of fused-ring (bicyclic) bond motifs is 1. The maximum atomic E-state index is 14.8. The van der Waals surface area contributed by atoms with Gasteiger partial charge in [0.1, 0.15) is 23.1 Å². The smallest absolute Gasteiger partial charge is 0.233 e. The molecular formula is C24H21F3N4OS. The maximum absolute atomic E-state index is 14.8. The molecule has 1 unspecified atom stereocenters. The van der Waals surface area contributed by atoms with E-state index in [2.05, 4.69) is 4.98 Å². The molecule has 2 aliphatic heterocycles. The number of halogens is 3. The molecule has 3 heterocycles. The number of aromatic nitrogens is 1. The summed E-state index contributed by atoms with van der Waals surface area (Å²) in [5.41, 5.74) is 2.09. The molecule has 1 fully saturated rings. The molecule has 1 atom stereocenters. The maximum Gasteiger partial charge on any atom is 0.233 e. The van der Waals surface area contributed by atoms with Gasteiger partial charge in [-0.2, -0.15) is 0 Å². The van der Waals surface area contributed by atoms with Crippen LogP contribution in [0.15, 0.2) is 53.6 Å². The average Bonchev–Trinajstić information content (AvgIpc) is 3.08. The first-order valence-electron chi connectivity index (χ1n) is 10.5. The summed E-state index contributed by atoms with van der Waals surface area (Å²) >= 11 is 0.796. The minimum absolute atomic E-state index is 0.134. The molecule has 5 rings (SSSR count). The fourth-order valence-corrected chi connectivity index (χ4v) is 4.96. The van der Waals surface area contributed by atoms with Gasteiger partial charge in [-0.15, -0.1) is 0 Å². The fraction of sp³-hybridized carbons (Fsp3) is 0.250. The summed E-state index contributed by atoms with van der Waals surface area (Å²) < 4.78 is 43.7. The highest BCUT2D eigenvalue weighted by Crippen LogP contribution is 2.39. The van der Waals surface area contributed by atoms with Crippen molar-refractivity contribution in [1.82, 2.24) is 4.98 Å². The number of pyridine rings is 1. The molecule has 5 nitrogen and oxygen atoms in total. The van der Waals surface area contributed by atoms with Crippen LogP contribution in [0.5, 0.6) is 0 Å². The first kappa shape index (κ1) is 21.8. The number of hydrogen-bond acceptors (Lipinski definition) is 5. The Hall–Kier alpha value is -3.04. The number of rotatable bonds is 4. The second kappa shape index (κ2) is 8.39. The van der Waals surface area contributed by atoms with E-state index in [4.69, 9.17) is 5.14 Å². The summed E-state index contributed by atoms with van der Waals surface area (Å²) in [6.07, 6.45) is 2.11. The highest BCUT2D eigenvalue weighted by atomic mass is 32.2. The van der Waals surface area contributed by atoms with Crippen LogP contribution in [0.3, 0.4) is 0 Å². The molecule has 2 aliphatic rings. The third kappa shape index (κ3) is 3.75. The lowest BCUT2D eigenvalue weighted by Crippen LogP contribution is -2.56. The Morgan fingerprint density at radius 2 is 1.82 bits per heavy atom. The number of amides is 1. The largest absolute Gasteiger partial charge is 0.365 e. The topological polar surface area (TPSA) is 62.5 Å². The van der Waals surface area contributed by atoms with Crippen LogP contribution in [0, 0.1) is 23.4 Å². The Labute approximate surface area is 193 Å². The van der Waals surface area contributed by atoms with E-state index in [0.717, 1.165) is 17.5 Å². The molecule has 0 radical (unpaired) electrons. The van der Waals surface area contributed by atoms with Crippen LogP contribution in [-0.2, 0) is 11.2 Å². The van der Waals surface area contributed by atoms with Crippen molar-refractivity contribution in [1.29, 1.82) is 0 Å². The van der Waals surface area contributed by atoms with Gasteiger partial charge >= 0.3 is 0 Å². The second-order valence-electron chi connectivity index (χ2n) is 8.40. The molecule has 0 saturated carbocycles. The summed E-state index contributed by atoms with van der Waals surface area (Å²) in [7, 11) is 0. The van der Waals surface area contributed by atoms with Gasteiger partial charge in [0, 0.05) is 36.6 Å². The van der Waals surface area contributed by atoms with Crippen molar-refractivity contribution < 1.29 is 18.0 Å². The van der Waals surface area contributed by atoms with Crippen molar-refractivity contribution in [3.8, 4) is 11.3 Å². The van der Waals surface area contributed by atoms with Crippen LogP contribution in [0.1, 0.15) is 12.5 Å². The van der Waals surface area contributed by atoms with Gasteiger partial charge in [-0.05, 0) is 67.3 Å². The van der Waals surface area contributed by atoms with Crippen LogP contribution < -0.4 is 14.9 Å². The minimum Gasteiger partial charge on any atom is -0.365 e. The SMILES string of the molecule is CC1Cc2cc(F)c(SN)cc2N1C(=O)C1CN(c2c(F)cc(-c3ccccn3)cc2F)C1. The number of nitrogens with zero attached hydrogens (tertiary/aromatic N) is 3. The molecule has 9 heteroatoms. The van der Waals surface area contributed by atoms with Crippen molar-refractivity contribution in [2.75, 3.05) is 22.9 Å². The molecule has 1 amide bonds. The Balaban J connectivity index is 1.34. The van der Waals surface area contributed by atoms with Gasteiger partial charge in [0.15, 0.2) is 0 Å². The van der Waals surface area contributed by atoms with Crippen molar-refractivity contribution in [3.05, 3.63) is 71.7 Å². The summed E-state index contributed by atoms with van der Waals surface area (Å²) in [4.78, 5) is 20.8. The predicted molar refractivity (Wildman–Crippen MR) is 122 cm³/mol. The number of carbonyl (C=O) groups is 1. The number of carbonyl (C=O) groups excluding carboxylic acids is 1. The zero-order valence-electron chi connectivity index (χ0n) is 17.8. The number of hydrogen-bond donors (Lipinski definition) is 1. The fourth-order valence-electron chi connectivity index (χ4n) is 4.61. The van der Waals surface area contributed by atoms with Gasteiger partial charge in [0.25, 0.3) is 0 Å². The summed E-state index contributed by atoms with van der Waals surface area (Å²) in [5.74, 6) is -2.34. The van der Waals surface area contributed by atoms with E-state index >= 15 is 0 Å². The van der Waals surface area contributed by atoms with Crippen LogP contribution in [0.25, 0.3) is 11.3 Å². The number of anilines is 2. The molecule has 1 aromatic heterocycles. The zero-order chi connectivity index (χ0) is 23.3. The van der Waals surface area contributed by atoms with Crippen LogP contribution in [0.2, 0.25) is 0 Å². The van der Waals surface area contributed by atoms with Gasteiger partial charge in [0.2, 0.25) is 5.91 Å². The predicted octanol–water partition coefficient (Wildman–Crippen LogP) is 4.55.